The zero-order chi connectivity index (χ0) is 11.1. The van der Waals surface area contributed by atoms with Crippen molar-refractivity contribution < 1.29 is 35.4 Å². The lowest BCUT2D eigenvalue weighted by Gasteiger charge is -2.47. The summed E-state index contributed by atoms with van der Waals surface area (Å²) in [7, 11) is 0. The molecule has 0 spiro atoms. The quantitative estimate of drug-likeness (QED) is 0.182. The molecule has 7 nitrogen and oxygen atoms in total. The zero-order valence-electron chi connectivity index (χ0n) is 6.98. The molecule has 1 rings (SSSR count). The van der Waals surface area contributed by atoms with Gasteiger partial charge in [-0.2, -0.15) is 0 Å². The van der Waals surface area contributed by atoms with Gasteiger partial charge in [0.15, 0.2) is 0 Å². The second-order valence-corrected chi connectivity index (χ2v) is 3.71. The van der Waals surface area contributed by atoms with Crippen LogP contribution in [-0.2, 0) is 4.74 Å². The van der Waals surface area contributed by atoms with Crippen LogP contribution < -0.4 is 0 Å². The molecule has 0 radical (unpaired) electrons. The summed E-state index contributed by atoms with van der Waals surface area (Å²) in [6, 6.07) is 0. The molecule has 6 N–H and O–H groups in total. The van der Waals surface area contributed by atoms with Crippen LogP contribution in [0, 0.1) is 0 Å². The van der Waals surface area contributed by atoms with Crippen molar-refractivity contribution in [2.75, 3.05) is 6.61 Å². The first-order chi connectivity index (χ1) is 6.24. The maximum Gasteiger partial charge on any atom is 0.272 e. The molecule has 1 saturated heterocycles. The minimum atomic E-state index is -3.12. The molecule has 0 aromatic rings. The molecule has 0 aromatic carbocycles. The Hall–Kier alpha value is 0.0700. The van der Waals surface area contributed by atoms with Crippen molar-refractivity contribution in [3.8, 4) is 0 Å². The van der Waals surface area contributed by atoms with Crippen LogP contribution in [0.5, 0.6) is 0 Å². The molecule has 1 unspecified atom stereocenters. The third-order valence-corrected chi connectivity index (χ3v) is 2.53. The monoisotopic (exact) mass is 228 g/mol. The van der Waals surface area contributed by atoms with Gasteiger partial charge in [0, 0.05) is 0 Å². The number of thiol groups is 1. The second kappa shape index (κ2) is 3.58. The summed E-state index contributed by atoms with van der Waals surface area (Å²) in [6.07, 6.45) is -5.18. The van der Waals surface area contributed by atoms with Crippen molar-refractivity contribution in [2.45, 2.75) is 29.2 Å². The van der Waals surface area contributed by atoms with E-state index in [0.29, 0.717) is 0 Å². The second-order valence-electron chi connectivity index (χ2n) is 3.11. The van der Waals surface area contributed by atoms with E-state index in [0.717, 1.165) is 0 Å². The smallest absolute Gasteiger partial charge is 0.272 e. The Labute approximate surface area is 84.6 Å². The molecule has 1 fully saturated rings. The van der Waals surface area contributed by atoms with Gasteiger partial charge in [-0.15, -0.1) is 12.6 Å². The topological polar surface area (TPSA) is 131 Å². The van der Waals surface area contributed by atoms with Crippen LogP contribution in [0.1, 0.15) is 0 Å². The van der Waals surface area contributed by atoms with E-state index in [1.54, 1.807) is 0 Å². The fourth-order valence-electron chi connectivity index (χ4n) is 1.15. The number of aliphatic hydroxyl groups excluding tert-OH is 3. The van der Waals surface area contributed by atoms with E-state index in [1.165, 1.54) is 0 Å². The predicted octanol–water partition coefficient (Wildman–Crippen LogP) is -3.64. The maximum absolute atomic E-state index is 9.25. The summed E-state index contributed by atoms with van der Waals surface area (Å²) in [5.74, 6) is -3.12. The van der Waals surface area contributed by atoms with Gasteiger partial charge in [0.05, 0.1) is 6.61 Å². The van der Waals surface area contributed by atoms with Gasteiger partial charge < -0.3 is 35.4 Å². The van der Waals surface area contributed by atoms with E-state index in [2.05, 4.69) is 17.4 Å². The van der Waals surface area contributed by atoms with Crippen LogP contribution in [0.3, 0.4) is 0 Å². The first-order valence-corrected chi connectivity index (χ1v) is 4.23. The first kappa shape index (κ1) is 12.1. The molecule has 1 heterocycles. The van der Waals surface area contributed by atoms with Crippen molar-refractivity contribution in [1.29, 1.82) is 0 Å². The lowest BCUT2D eigenvalue weighted by Crippen LogP contribution is -2.71. The van der Waals surface area contributed by atoms with E-state index in [4.69, 9.17) is 15.3 Å². The van der Waals surface area contributed by atoms with Crippen LogP contribution >= 0.6 is 12.6 Å². The number of ether oxygens (including phenoxy) is 1. The van der Waals surface area contributed by atoms with Crippen LogP contribution in [0.15, 0.2) is 0 Å². The summed E-state index contributed by atoms with van der Waals surface area (Å²) in [6.45, 7) is -0.711. The molecule has 0 aromatic heterocycles. The van der Waals surface area contributed by atoms with E-state index in [9.17, 15) is 15.3 Å². The zero-order valence-corrected chi connectivity index (χ0v) is 7.87. The number of aliphatic hydroxyl groups is 6. The van der Waals surface area contributed by atoms with Crippen molar-refractivity contribution >= 4 is 12.6 Å². The molecule has 1 aliphatic rings. The standard InChI is InChI=1S/C6H12O7S/c7-1-2-3(8)4(9)5(10,11)6(12,14)13-2/h2-4,7-12,14H,1H2/t2-,3-,4+,6?/m1/s1. The van der Waals surface area contributed by atoms with Crippen LogP contribution in [0.25, 0.3) is 0 Å². The fourth-order valence-corrected chi connectivity index (χ4v) is 1.41. The molecule has 8 heteroatoms. The third-order valence-electron chi connectivity index (χ3n) is 2.09. The molecule has 0 saturated carbocycles. The Morgan fingerprint density at radius 3 is 2.14 bits per heavy atom. The summed E-state index contributed by atoms with van der Waals surface area (Å²) in [5.41, 5.74) is 0. The molecule has 84 valence electrons. The van der Waals surface area contributed by atoms with Gasteiger partial charge >= 0.3 is 0 Å². The van der Waals surface area contributed by atoms with Gasteiger partial charge in [-0.05, 0) is 0 Å². The SMILES string of the molecule is OC[C@H]1OC(O)(S)C(O)(O)[C@@H](O)[C@@H]1O. The highest BCUT2D eigenvalue weighted by molar-refractivity contribution is 7.81. The van der Waals surface area contributed by atoms with E-state index in [1.807, 2.05) is 0 Å². The van der Waals surface area contributed by atoms with Gasteiger partial charge in [-0.1, -0.05) is 0 Å². The lowest BCUT2D eigenvalue weighted by atomic mass is 9.96. The molecular formula is C6H12O7S. The third kappa shape index (κ3) is 1.64. The Morgan fingerprint density at radius 1 is 1.21 bits per heavy atom. The highest BCUT2D eigenvalue weighted by Crippen LogP contribution is 2.37. The average molecular weight is 228 g/mol. The van der Waals surface area contributed by atoms with E-state index < -0.39 is 35.8 Å². The predicted molar refractivity (Wildman–Crippen MR) is 45.1 cm³/mol. The normalized spacial score (nSPS) is 47.8. The highest BCUT2D eigenvalue weighted by Gasteiger charge is 2.61. The van der Waals surface area contributed by atoms with Gasteiger partial charge in [-0.3, -0.25) is 0 Å². The van der Waals surface area contributed by atoms with Crippen LogP contribution in [0.4, 0.5) is 0 Å². The van der Waals surface area contributed by atoms with E-state index in [-0.39, 0.29) is 0 Å². The fraction of sp³-hybridized carbons (Fsp3) is 1.00. The Morgan fingerprint density at radius 2 is 1.71 bits per heavy atom. The molecule has 0 amide bonds. The summed E-state index contributed by atoms with van der Waals surface area (Å²) < 4.78 is 4.48. The Bertz CT molecular complexity index is 218. The summed E-state index contributed by atoms with van der Waals surface area (Å²) in [5, 5.41) is 51.9. The highest BCUT2D eigenvalue weighted by atomic mass is 32.1. The van der Waals surface area contributed by atoms with Crippen LogP contribution in [-0.4, -0.2) is 66.5 Å². The number of rotatable bonds is 1. The van der Waals surface area contributed by atoms with Crippen LogP contribution in [0.2, 0.25) is 0 Å². The first-order valence-electron chi connectivity index (χ1n) is 3.78. The van der Waals surface area contributed by atoms with Crippen molar-refractivity contribution in [3.05, 3.63) is 0 Å². The molecule has 14 heavy (non-hydrogen) atoms. The molecule has 4 atom stereocenters. The van der Waals surface area contributed by atoms with Crippen molar-refractivity contribution in [1.82, 2.24) is 0 Å². The van der Waals surface area contributed by atoms with Crippen molar-refractivity contribution in [3.63, 3.8) is 0 Å². The number of hydrogen-bond donors (Lipinski definition) is 7. The maximum atomic E-state index is 9.25. The van der Waals surface area contributed by atoms with E-state index >= 15 is 0 Å². The minimum Gasteiger partial charge on any atom is -0.394 e. The molecule has 0 bridgehead atoms. The molecule has 1 aliphatic heterocycles. The van der Waals surface area contributed by atoms with Gasteiger partial charge in [0.25, 0.3) is 10.9 Å². The largest absolute Gasteiger partial charge is 0.394 e. The summed E-state index contributed by atoms with van der Waals surface area (Å²) >= 11 is 3.36. The average Bonchev–Trinajstić information content (AvgIpc) is 2.09. The number of hydrogen-bond acceptors (Lipinski definition) is 8. The lowest BCUT2D eigenvalue weighted by molar-refractivity contribution is -0.411. The molecule has 0 aliphatic carbocycles. The Balaban J connectivity index is 2.95. The van der Waals surface area contributed by atoms with Gasteiger partial charge in [-0.25, -0.2) is 0 Å². The van der Waals surface area contributed by atoms with Crippen molar-refractivity contribution in [2.24, 2.45) is 0 Å². The van der Waals surface area contributed by atoms with Gasteiger partial charge in [0.2, 0.25) is 0 Å². The van der Waals surface area contributed by atoms with Gasteiger partial charge in [0.1, 0.15) is 18.3 Å². The Kier molecular flexibility index (Phi) is 3.10. The minimum absolute atomic E-state index is 0.711. The summed E-state index contributed by atoms with van der Waals surface area (Å²) in [4.78, 5) is 0. The molecular weight excluding hydrogens is 216 g/mol.